The lowest BCUT2D eigenvalue weighted by Gasteiger charge is -2.07. The molecular formula is C19H17NO4. The molecular weight excluding hydrogens is 306 g/mol. The van der Waals surface area contributed by atoms with Crippen molar-refractivity contribution in [3.05, 3.63) is 65.4 Å². The number of carbonyl (C=O) groups is 2. The SMILES string of the molecule is CCOc1ccc2c(c1)c(C=O)cn2Cc1ccc(C(=O)O)cc1. The van der Waals surface area contributed by atoms with Gasteiger partial charge < -0.3 is 14.4 Å². The lowest BCUT2D eigenvalue weighted by molar-refractivity contribution is 0.0696. The van der Waals surface area contributed by atoms with Crippen molar-refractivity contribution < 1.29 is 19.4 Å². The van der Waals surface area contributed by atoms with E-state index in [1.165, 1.54) is 0 Å². The summed E-state index contributed by atoms with van der Waals surface area (Å²) in [5.41, 5.74) is 2.76. The van der Waals surface area contributed by atoms with Gasteiger partial charge in [-0.05, 0) is 42.8 Å². The fraction of sp³-hybridized carbons (Fsp3) is 0.158. The molecule has 0 aliphatic rings. The fourth-order valence-corrected chi connectivity index (χ4v) is 2.73. The Balaban J connectivity index is 1.97. The van der Waals surface area contributed by atoms with Crippen molar-refractivity contribution in [2.24, 2.45) is 0 Å². The molecule has 0 aliphatic carbocycles. The quantitative estimate of drug-likeness (QED) is 0.704. The Morgan fingerprint density at radius 2 is 1.96 bits per heavy atom. The van der Waals surface area contributed by atoms with Crippen LogP contribution in [0.5, 0.6) is 5.75 Å². The van der Waals surface area contributed by atoms with Gasteiger partial charge in [-0.25, -0.2) is 4.79 Å². The third-order valence-corrected chi connectivity index (χ3v) is 3.88. The van der Waals surface area contributed by atoms with Gasteiger partial charge in [0.05, 0.1) is 12.2 Å². The molecule has 5 heteroatoms. The van der Waals surface area contributed by atoms with E-state index in [2.05, 4.69) is 0 Å². The monoisotopic (exact) mass is 323 g/mol. The molecule has 1 heterocycles. The minimum absolute atomic E-state index is 0.256. The average Bonchev–Trinajstić information content (AvgIpc) is 2.93. The fourth-order valence-electron chi connectivity index (χ4n) is 2.73. The van der Waals surface area contributed by atoms with Crippen molar-refractivity contribution in [1.29, 1.82) is 0 Å². The van der Waals surface area contributed by atoms with E-state index in [1.807, 2.05) is 29.7 Å². The van der Waals surface area contributed by atoms with E-state index in [9.17, 15) is 9.59 Å². The van der Waals surface area contributed by atoms with Gasteiger partial charge in [0.2, 0.25) is 0 Å². The number of aromatic carboxylic acids is 1. The van der Waals surface area contributed by atoms with Crippen LogP contribution in [0.2, 0.25) is 0 Å². The molecule has 0 amide bonds. The molecule has 0 unspecified atom stereocenters. The van der Waals surface area contributed by atoms with Crippen LogP contribution >= 0.6 is 0 Å². The summed E-state index contributed by atoms with van der Waals surface area (Å²) in [7, 11) is 0. The van der Waals surface area contributed by atoms with E-state index in [4.69, 9.17) is 9.84 Å². The van der Waals surface area contributed by atoms with Gasteiger partial charge >= 0.3 is 5.97 Å². The first-order chi connectivity index (χ1) is 11.6. The standard InChI is InChI=1S/C19H17NO4/c1-2-24-16-7-8-18-17(9-16)15(12-21)11-20(18)10-13-3-5-14(6-4-13)19(22)23/h3-9,11-12H,2,10H2,1H3,(H,22,23). The Morgan fingerprint density at radius 3 is 2.58 bits per heavy atom. The van der Waals surface area contributed by atoms with Gasteiger partial charge in [-0.1, -0.05) is 12.1 Å². The highest BCUT2D eigenvalue weighted by molar-refractivity contribution is 5.98. The Morgan fingerprint density at radius 1 is 1.21 bits per heavy atom. The minimum Gasteiger partial charge on any atom is -0.494 e. The summed E-state index contributed by atoms with van der Waals surface area (Å²) in [5, 5.41) is 9.80. The Hall–Kier alpha value is -3.08. The van der Waals surface area contributed by atoms with Gasteiger partial charge in [0.15, 0.2) is 6.29 Å². The average molecular weight is 323 g/mol. The predicted molar refractivity (Wildman–Crippen MR) is 91.0 cm³/mol. The zero-order valence-electron chi connectivity index (χ0n) is 13.2. The first kappa shape index (κ1) is 15.8. The van der Waals surface area contributed by atoms with E-state index in [-0.39, 0.29) is 5.56 Å². The van der Waals surface area contributed by atoms with Crippen molar-refractivity contribution in [3.63, 3.8) is 0 Å². The van der Waals surface area contributed by atoms with Gasteiger partial charge in [-0.3, -0.25) is 4.79 Å². The molecule has 0 aliphatic heterocycles. The number of hydrogen-bond acceptors (Lipinski definition) is 3. The van der Waals surface area contributed by atoms with Crippen molar-refractivity contribution in [2.75, 3.05) is 6.61 Å². The molecule has 24 heavy (non-hydrogen) atoms. The number of carboxylic acid groups (broad SMARTS) is 1. The van der Waals surface area contributed by atoms with Crippen LogP contribution in [0.3, 0.4) is 0 Å². The molecule has 1 aromatic heterocycles. The van der Waals surface area contributed by atoms with Gasteiger partial charge in [0, 0.05) is 29.2 Å². The van der Waals surface area contributed by atoms with Crippen LogP contribution in [0.25, 0.3) is 10.9 Å². The summed E-state index contributed by atoms with van der Waals surface area (Å²) < 4.78 is 7.47. The van der Waals surface area contributed by atoms with Crippen molar-refractivity contribution in [1.82, 2.24) is 4.57 Å². The molecule has 0 spiro atoms. The molecule has 0 fully saturated rings. The van der Waals surface area contributed by atoms with E-state index in [0.717, 1.165) is 28.5 Å². The number of hydrogen-bond donors (Lipinski definition) is 1. The maximum atomic E-state index is 11.4. The maximum Gasteiger partial charge on any atom is 0.335 e. The summed E-state index contributed by atoms with van der Waals surface area (Å²) in [4.78, 5) is 22.3. The molecule has 0 saturated heterocycles. The molecule has 1 N–H and O–H groups in total. The summed E-state index contributed by atoms with van der Waals surface area (Å²) in [6, 6.07) is 12.4. The predicted octanol–water partition coefficient (Wildman–Crippen LogP) is 3.60. The third kappa shape index (κ3) is 3.01. The minimum atomic E-state index is -0.945. The highest BCUT2D eigenvalue weighted by Crippen LogP contribution is 2.26. The first-order valence-electron chi connectivity index (χ1n) is 7.65. The van der Waals surface area contributed by atoms with E-state index < -0.39 is 5.97 Å². The highest BCUT2D eigenvalue weighted by atomic mass is 16.5. The summed E-state index contributed by atoms with van der Waals surface area (Å²) in [5.74, 6) is -0.212. The second-order valence-corrected chi connectivity index (χ2v) is 5.44. The smallest absolute Gasteiger partial charge is 0.335 e. The van der Waals surface area contributed by atoms with Gasteiger partial charge in [0.1, 0.15) is 5.75 Å². The summed E-state index contributed by atoms with van der Waals surface area (Å²) in [6.45, 7) is 3.04. The number of aromatic nitrogens is 1. The second kappa shape index (κ2) is 6.58. The van der Waals surface area contributed by atoms with Crippen LogP contribution in [-0.4, -0.2) is 28.5 Å². The largest absolute Gasteiger partial charge is 0.494 e. The zero-order valence-corrected chi connectivity index (χ0v) is 13.2. The molecule has 0 bridgehead atoms. The second-order valence-electron chi connectivity index (χ2n) is 5.44. The number of fused-ring (bicyclic) bond motifs is 1. The number of benzene rings is 2. The van der Waals surface area contributed by atoms with Crippen molar-refractivity contribution in [2.45, 2.75) is 13.5 Å². The van der Waals surface area contributed by atoms with Gasteiger partial charge in [-0.15, -0.1) is 0 Å². The van der Waals surface area contributed by atoms with Crippen LogP contribution in [-0.2, 0) is 6.54 Å². The Bertz CT molecular complexity index is 894. The lowest BCUT2D eigenvalue weighted by atomic mass is 10.1. The normalized spacial score (nSPS) is 10.7. The van der Waals surface area contributed by atoms with Crippen LogP contribution in [0, 0.1) is 0 Å². The maximum absolute atomic E-state index is 11.4. The van der Waals surface area contributed by atoms with Gasteiger partial charge in [-0.2, -0.15) is 0 Å². The third-order valence-electron chi connectivity index (χ3n) is 3.88. The first-order valence-corrected chi connectivity index (χ1v) is 7.65. The van der Waals surface area contributed by atoms with Crippen molar-refractivity contribution in [3.8, 4) is 5.75 Å². The van der Waals surface area contributed by atoms with Crippen LogP contribution < -0.4 is 4.74 Å². The summed E-state index contributed by atoms with van der Waals surface area (Å²) >= 11 is 0. The molecule has 5 nitrogen and oxygen atoms in total. The molecule has 122 valence electrons. The zero-order chi connectivity index (χ0) is 17.1. The Kier molecular flexibility index (Phi) is 4.33. The molecule has 0 atom stereocenters. The number of carbonyl (C=O) groups excluding carboxylic acids is 1. The van der Waals surface area contributed by atoms with Crippen molar-refractivity contribution >= 4 is 23.2 Å². The number of nitrogens with zero attached hydrogens (tertiary/aromatic N) is 1. The van der Waals surface area contributed by atoms with E-state index in [0.29, 0.717) is 18.7 Å². The van der Waals surface area contributed by atoms with E-state index in [1.54, 1.807) is 30.5 Å². The highest BCUT2D eigenvalue weighted by Gasteiger charge is 2.10. The lowest BCUT2D eigenvalue weighted by Crippen LogP contribution is -2.00. The Labute approximate surface area is 139 Å². The molecule has 2 aromatic carbocycles. The number of rotatable bonds is 6. The van der Waals surface area contributed by atoms with Gasteiger partial charge in [0.25, 0.3) is 0 Å². The topological polar surface area (TPSA) is 68.5 Å². The summed E-state index contributed by atoms with van der Waals surface area (Å²) in [6.07, 6.45) is 2.64. The number of ether oxygens (including phenoxy) is 1. The number of carboxylic acids is 1. The van der Waals surface area contributed by atoms with Crippen LogP contribution in [0.4, 0.5) is 0 Å². The molecule has 0 radical (unpaired) electrons. The number of aldehydes is 1. The van der Waals surface area contributed by atoms with Crippen LogP contribution in [0.15, 0.2) is 48.7 Å². The molecule has 3 rings (SSSR count). The molecule has 0 saturated carbocycles. The van der Waals surface area contributed by atoms with Crippen LogP contribution in [0.1, 0.15) is 33.2 Å². The molecule has 3 aromatic rings. The van der Waals surface area contributed by atoms with E-state index >= 15 is 0 Å².